The lowest BCUT2D eigenvalue weighted by Gasteiger charge is -2.46. The van der Waals surface area contributed by atoms with Crippen LogP contribution in [0.25, 0.3) is 0 Å². The number of likely N-dealkylation sites (tertiary alicyclic amines) is 1. The molecule has 2 aliphatic heterocycles. The Balaban J connectivity index is 1.26. The van der Waals surface area contributed by atoms with E-state index < -0.39 is 0 Å². The Morgan fingerprint density at radius 2 is 1.89 bits per heavy atom. The van der Waals surface area contributed by atoms with Crippen LogP contribution in [-0.4, -0.2) is 68.0 Å². The number of hydrogen-bond donors (Lipinski definition) is 2. The van der Waals surface area contributed by atoms with Crippen LogP contribution >= 0.6 is 11.6 Å². The van der Waals surface area contributed by atoms with E-state index in [0.29, 0.717) is 69.3 Å². The molecule has 206 valence electrons. The van der Waals surface area contributed by atoms with Gasteiger partial charge in [-0.1, -0.05) is 11.6 Å². The molecule has 3 aliphatic rings. The lowest BCUT2D eigenvalue weighted by Crippen LogP contribution is -2.57. The van der Waals surface area contributed by atoms with Gasteiger partial charge in [0, 0.05) is 43.1 Å². The van der Waals surface area contributed by atoms with Gasteiger partial charge in [0.2, 0.25) is 0 Å². The Bertz CT molecular complexity index is 1250. The lowest BCUT2D eigenvalue weighted by atomic mass is 9.81. The van der Waals surface area contributed by atoms with Gasteiger partial charge in [-0.05, 0) is 57.6 Å². The smallest absolute Gasteiger partial charge is 0.256 e. The summed E-state index contributed by atoms with van der Waals surface area (Å²) in [7, 11) is 3.28. The predicted molar refractivity (Wildman–Crippen MR) is 144 cm³/mol. The average molecular weight is 546 g/mol. The van der Waals surface area contributed by atoms with Gasteiger partial charge in [-0.3, -0.25) is 14.5 Å². The molecule has 0 spiro atoms. The molecule has 9 nitrogen and oxygen atoms in total. The number of fused-ring (bicyclic) bond motifs is 1. The maximum absolute atomic E-state index is 13.2. The molecule has 0 unspecified atom stereocenters. The molecular weight excluding hydrogens is 510 g/mol. The third-order valence-corrected chi connectivity index (χ3v) is 8.49. The van der Waals surface area contributed by atoms with E-state index in [1.54, 1.807) is 26.2 Å². The molecule has 5 rings (SSSR count). The largest absolute Gasteiger partial charge is 0.496 e. The number of methoxy groups -OCH3 is 2. The minimum atomic E-state index is -0.357. The number of aryl methyl sites for hydroxylation is 1. The first-order valence-corrected chi connectivity index (χ1v) is 13.6. The van der Waals surface area contributed by atoms with Gasteiger partial charge in [-0.25, -0.2) is 0 Å². The molecule has 1 atom stereocenters. The quantitative estimate of drug-likeness (QED) is 0.548. The molecule has 10 heteroatoms. The summed E-state index contributed by atoms with van der Waals surface area (Å²) in [4.78, 5) is 30.9. The molecule has 0 bridgehead atoms. The predicted octanol–water partition coefficient (Wildman–Crippen LogP) is 3.61. The van der Waals surface area contributed by atoms with E-state index in [-0.39, 0.29) is 24.1 Å². The van der Waals surface area contributed by atoms with Crippen molar-refractivity contribution in [1.82, 2.24) is 15.2 Å². The number of rotatable bonds is 7. The number of pyridine rings is 1. The van der Waals surface area contributed by atoms with Crippen LogP contribution in [0.1, 0.15) is 52.9 Å². The lowest BCUT2D eigenvalue weighted by molar-refractivity contribution is -0.0649. The number of halogens is 1. The second kappa shape index (κ2) is 11.2. The monoisotopic (exact) mass is 545 g/mol. The molecule has 0 radical (unpaired) electrons. The van der Waals surface area contributed by atoms with Crippen molar-refractivity contribution in [3.05, 3.63) is 49.9 Å². The highest BCUT2D eigenvalue weighted by atomic mass is 35.5. The van der Waals surface area contributed by atoms with Gasteiger partial charge in [0.25, 0.3) is 11.5 Å². The minimum absolute atomic E-state index is 0.0110. The maximum atomic E-state index is 13.2. The summed E-state index contributed by atoms with van der Waals surface area (Å²) in [6, 6.07) is 3.93. The number of benzene rings is 1. The highest BCUT2D eigenvalue weighted by Crippen LogP contribution is 2.45. The zero-order valence-electron chi connectivity index (χ0n) is 22.4. The van der Waals surface area contributed by atoms with Crippen molar-refractivity contribution in [3.8, 4) is 17.2 Å². The summed E-state index contributed by atoms with van der Waals surface area (Å²) in [5.41, 5.74) is 1.77. The van der Waals surface area contributed by atoms with Crippen LogP contribution in [-0.2, 0) is 11.3 Å². The number of nitrogens with one attached hydrogen (secondary N) is 2. The van der Waals surface area contributed by atoms with Crippen molar-refractivity contribution < 1.29 is 23.7 Å². The second-order valence-corrected chi connectivity index (χ2v) is 11.0. The topological polar surface area (TPSA) is 102 Å². The summed E-state index contributed by atoms with van der Waals surface area (Å²) in [6.45, 7) is 6.11. The molecular formula is C28H36ClN3O6. The first-order valence-electron chi connectivity index (χ1n) is 13.2. The van der Waals surface area contributed by atoms with Gasteiger partial charge in [-0.15, -0.1) is 0 Å². The van der Waals surface area contributed by atoms with Crippen molar-refractivity contribution in [3.63, 3.8) is 0 Å². The van der Waals surface area contributed by atoms with Crippen molar-refractivity contribution in [2.24, 2.45) is 5.92 Å². The molecule has 2 fully saturated rings. The van der Waals surface area contributed by atoms with Gasteiger partial charge in [-0.2, -0.15) is 0 Å². The van der Waals surface area contributed by atoms with Gasteiger partial charge in [0.05, 0.1) is 30.3 Å². The van der Waals surface area contributed by atoms with Crippen LogP contribution in [0.3, 0.4) is 0 Å². The molecule has 1 aromatic carbocycles. The summed E-state index contributed by atoms with van der Waals surface area (Å²) in [5.74, 6) is 1.46. The molecule has 2 N–H and O–H groups in total. The molecule has 1 aliphatic carbocycles. The number of H-pyrrole nitrogens is 1. The zero-order chi connectivity index (χ0) is 27.0. The second-order valence-electron chi connectivity index (χ2n) is 10.5. The van der Waals surface area contributed by atoms with Gasteiger partial charge in [0.15, 0.2) is 11.5 Å². The normalized spacial score (nSPS) is 23.6. The van der Waals surface area contributed by atoms with Gasteiger partial charge in [0.1, 0.15) is 18.5 Å². The number of ether oxygens (including phenoxy) is 4. The summed E-state index contributed by atoms with van der Waals surface area (Å²) < 4.78 is 23.3. The molecule has 1 amide bonds. The van der Waals surface area contributed by atoms with Gasteiger partial charge < -0.3 is 29.2 Å². The number of hydrogen-bond acceptors (Lipinski definition) is 7. The highest BCUT2D eigenvalue weighted by Gasteiger charge is 2.38. The average Bonchev–Trinajstić information content (AvgIpc) is 2.89. The first-order chi connectivity index (χ1) is 18.3. The van der Waals surface area contributed by atoms with E-state index in [4.69, 9.17) is 30.5 Å². The SMILES string of the molecule is COc1cc(C)[nH]c(=O)c1CNC(=O)c1cc(Cl)c2c(c1C)O[C@H](C1CCC(N3CC(OC)C3)CC1)CO2. The Morgan fingerprint density at radius 1 is 1.16 bits per heavy atom. The number of amides is 1. The van der Waals surface area contributed by atoms with Crippen LogP contribution in [0.5, 0.6) is 17.2 Å². The summed E-state index contributed by atoms with van der Waals surface area (Å²) in [6.07, 6.45) is 4.70. The number of nitrogens with zero attached hydrogens (tertiary/aromatic N) is 1. The maximum Gasteiger partial charge on any atom is 0.256 e. The third kappa shape index (κ3) is 5.24. The van der Waals surface area contributed by atoms with Crippen LogP contribution in [0.4, 0.5) is 0 Å². The molecule has 38 heavy (non-hydrogen) atoms. The Hall–Kier alpha value is -2.75. The Morgan fingerprint density at radius 3 is 2.58 bits per heavy atom. The molecule has 1 saturated carbocycles. The van der Waals surface area contributed by atoms with Crippen molar-refractivity contribution in [2.45, 2.75) is 64.3 Å². The molecule has 1 saturated heterocycles. The van der Waals surface area contributed by atoms with Crippen LogP contribution < -0.4 is 25.1 Å². The third-order valence-electron chi connectivity index (χ3n) is 8.21. The van der Waals surface area contributed by atoms with E-state index in [2.05, 4.69) is 15.2 Å². The van der Waals surface area contributed by atoms with Gasteiger partial charge >= 0.3 is 0 Å². The number of carbonyl (C=O) groups excluding carboxylic acids is 1. The number of aromatic nitrogens is 1. The fourth-order valence-corrected chi connectivity index (χ4v) is 6.10. The number of carbonyl (C=O) groups is 1. The fraction of sp³-hybridized carbons (Fsp3) is 0.571. The molecule has 3 heterocycles. The van der Waals surface area contributed by atoms with E-state index in [1.807, 2.05) is 6.92 Å². The van der Waals surface area contributed by atoms with Crippen molar-refractivity contribution in [2.75, 3.05) is 33.9 Å². The van der Waals surface area contributed by atoms with E-state index in [0.717, 1.165) is 38.8 Å². The minimum Gasteiger partial charge on any atom is -0.496 e. The zero-order valence-corrected chi connectivity index (χ0v) is 23.2. The van der Waals surface area contributed by atoms with E-state index >= 15 is 0 Å². The summed E-state index contributed by atoms with van der Waals surface area (Å²) >= 11 is 6.53. The summed E-state index contributed by atoms with van der Waals surface area (Å²) in [5, 5.41) is 3.15. The Kier molecular flexibility index (Phi) is 7.88. The standard InChI is InChI=1S/C28H36ClN3O6/c1-15-9-23(36-4)21(28(34)31-15)11-30-27(33)20-10-22(29)26-25(16(20)2)38-24(14-37-26)17-5-7-18(8-6-17)32-12-19(13-32)35-3/h9-10,17-19,24H,5-8,11-14H2,1-4H3,(H,30,33)(H,31,34)/t17?,18?,24-/m0/s1. The van der Waals surface area contributed by atoms with E-state index in [1.165, 1.54) is 7.11 Å². The van der Waals surface area contributed by atoms with Crippen LogP contribution in [0.2, 0.25) is 5.02 Å². The first kappa shape index (κ1) is 26.8. The van der Waals surface area contributed by atoms with Crippen LogP contribution in [0.15, 0.2) is 16.9 Å². The van der Waals surface area contributed by atoms with E-state index in [9.17, 15) is 9.59 Å². The number of aromatic amines is 1. The fourth-order valence-electron chi connectivity index (χ4n) is 5.85. The highest BCUT2D eigenvalue weighted by molar-refractivity contribution is 6.32. The van der Waals surface area contributed by atoms with Crippen LogP contribution in [0, 0.1) is 19.8 Å². The van der Waals surface area contributed by atoms with Crippen molar-refractivity contribution >= 4 is 17.5 Å². The van der Waals surface area contributed by atoms with Crippen molar-refractivity contribution in [1.29, 1.82) is 0 Å². The Labute approximate surface area is 227 Å². The molecule has 1 aromatic heterocycles. The molecule has 2 aromatic rings.